The van der Waals surface area contributed by atoms with Gasteiger partial charge in [0.2, 0.25) is 5.95 Å². The summed E-state index contributed by atoms with van der Waals surface area (Å²) in [7, 11) is 1.34. The van der Waals surface area contributed by atoms with Crippen LogP contribution in [0.3, 0.4) is 0 Å². The fourth-order valence-electron chi connectivity index (χ4n) is 3.21. The normalized spacial score (nSPS) is 10.8. The predicted molar refractivity (Wildman–Crippen MR) is 129 cm³/mol. The van der Waals surface area contributed by atoms with Crippen molar-refractivity contribution in [3.05, 3.63) is 86.7 Å². The first-order valence-electron chi connectivity index (χ1n) is 9.61. The van der Waals surface area contributed by atoms with E-state index in [4.69, 9.17) is 5.11 Å². The molecule has 3 aromatic carbocycles. The number of carbonyl (C=O) groups excluding carboxylic acids is 2. The summed E-state index contributed by atoms with van der Waals surface area (Å²) < 4.78 is 14.7. The van der Waals surface area contributed by atoms with Crippen LogP contribution in [0.1, 0.15) is 26.3 Å². The molecular weight excluding hydrogens is 542 g/mol. The van der Waals surface area contributed by atoms with Gasteiger partial charge < -0.3 is 15.4 Å². The highest BCUT2D eigenvalue weighted by Gasteiger charge is 2.21. The number of amides is 2. The number of nitrogens with zero attached hydrogens (tertiary/aromatic N) is 2. The maximum absolute atomic E-state index is 14.3. The van der Waals surface area contributed by atoms with E-state index < -0.39 is 23.6 Å². The smallest absolute Gasteiger partial charge is 0.413 e. The van der Waals surface area contributed by atoms with E-state index in [2.05, 4.69) is 15.3 Å². The standard InChI is InChI=1S/C23H16FIN4O4/c1-29(23(32)33)22-27-16-10-9-12(11-18(16)28-22)20(30)13-5-2-3-6-14(13)21(31)26-17-8-4-7-15(25)19(17)24/h2-11H,1H3,(H,26,31)(H,27,28)(H,32,33). The summed E-state index contributed by atoms with van der Waals surface area (Å²) in [6.45, 7) is 0. The largest absolute Gasteiger partial charge is 0.465 e. The van der Waals surface area contributed by atoms with Crippen molar-refractivity contribution in [1.82, 2.24) is 9.97 Å². The van der Waals surface area contributed by atoms with Gasteiger partial charge in [0.05, 0.1) is 25.9 Å². The minimum atomic E-state index is -1.19. The number of fused-ring (bicyclic) bond motifs is 1. The molecule has 0 aliphatic rings. The van der Waals surface area contributed by atoms with Gasteiger partial charge in [0.15, 0.2) is 11.6 Å². The van der Waals surface area contributed by atoms with Crippen molar-refractivity contribution in [3.8, 4) is 0 Å². The van der Waals surface area contributed by atoms with Gasteiger partial charge in [0, 0.05) is 18.2 Å². The van der Waals surface area contributed by atoms with Crippen molar-refractivity contribution < 1.29 is 23.9 Å². The number of nitrogens with one attached hydrogen (secondary N) is 2. The second-order valence-corrected chi connectivity index (χ2v) is 8.23. The molecule has 4 aromatic rings. The van der Waals surface area contributed by atoms with E-state index in [-0.39, 0.29) is 28.3 Å². The summed E-state index contributed by atoms with van der Waals surface area (Å²) in [5, 5.41) is 11.6. The van der Waals surface area contributed by atoms with Crippen LogP contribution in [0.4, 0.5) is 20.8 Å². The highest BCUT2D eigenvalue weighted by atomic mass is 127. The molecule has 2 amide bonds. The molecule has 4 rings (SSSR count). The lowest BCUT2D eigenvalue weighted by atomic mass is 9.97. The van der Waals surface area contributed by atoms with Gasteiger partial charge in [-0.2, -0.15) is 0 Å². The average molecular weight is 558 g/mol. The third-order valence-corrected chi connectivity index (χ3v) is 5.79. The molecule has 0 saturated heterocycles. The molecular formula is C23H16FIN4O4. The van der Waals surface area contributed by atoms with E-state index in [0.717, 1.165) is 4.90 Å². The lowest BCUT2D eigenvalue weighted by molar-refractivity contribution is 0.0996. The molecule has 0 bridgehead atoms. The zero-order valence-electron chi connectivity index (χ0n) is 17.1. The Morgan fingerprint density at radius 3 is 2.52 bits per heavy atom. The fraction of sp³-hybridized carbons (Fsp3) is 0.0435. The van der Waals surface area contributed by atoms with Crippen LogP contribution in [0.15, 0.2) is 60.7 Å². The number of hydrogen-bond donors (Lipinski definition) is 3. The summed E-state index contributed by atoms with van der Waals surface area (Å²) >= 11 is 1.83. The second kappa shape index (κ2) is 8.98. The first-order chi connectivity index (χ1) is 15.8. The number of ketones is 1. The molecule has 33 heavy (non-hydrogen) atoms. The number of benzene rings is 3. The van der Waals surface area contributed by atoms with Crippen LogP contribution < -0.4 is 10.2 Å². The number of hydrogen-bond acceptors (Lipinski definition) is 4. The number of carboxylic acid groups (broad SMARTS) is 1. The predicted octanol–water partition coefficient (Wildman–Crippen LogP) is 4.90. The Balaban J connectivity index is 1.66. The molecule has 0 saturated carbocycles. The highest BCUT2D eigenvalue weighted by Crippen LogP contribution is 2.23. The Morgan fingerprint density at radius 2 is 1.79 bits per heavy atom. The number of imidazole rings is 1. The number of rotatable bonds is 5. The van der Waals surface area contributed by atoms with Crippen LogP contribution in [0.25, 0.3) is 11.0 Å². The second-order valence-electron chi connectivity index (χ2n) is 7.06. The number of halogens is 2. The van der Waals surface area contributed by atoms with Crippen molar-refractivity contribution in [2.24, 2.45) is 0 Å². The van der Waals surface area contributed by atoms with E-state index in [1.54, 1.807) is 36.4 Å². The summed E-state index contributed by atoms with van der Waals surface area (Å²) in [6, 6.07) is 15.6. The van der Waals surface area contributed by atoms with Gasteiger partial charge in [-0.1, -0.05) is 24.3 Å². The highest BCUT2D eigenvalue weighted by molar-refractivity contribution is 14.1. The minimum Gasteiger partial charge on any atom is -0.465 e. The topological polar surface area (TPSA) is 115 Å². The van der Waals surface area contributed by atoms with Crippen molar-refractivity contribution >= 4 is 63.0 Å². The molecule has 0 atom stereocenters. The van der Waals surface area contributed by atoms with Gasteiger partial charge in [-0.3, -0.25) is 14.5 Å². The number of carbonyl (C=O) groups is 3. The van der Waals surface area contributed by atoms with Gasteiger partial charge in [-0.05, 0) is 59.0 Å². The van der Waals surface area contributed by atoms with E-state index in [9.17, 15) is 18.8 Å². The zero-order valence-corrected chi connectivity index (χ0v) is 19.3. The number of anilines is 2. The molecule has 0 spiro atoms. The quantitative estimate of drug-likeness (QED) is 0.238. The molecule has 1 aromatic heterocycles. The molecule has 10 heteroatoms. The summed E-state index contributed by atoms with van der Waals surface area (Å²) in [5.41, 5.74) is 1.47. The zero-order chi connectivity index (χ0) is 23.7. The van der Waals surface area contributed by atoms with Gasteiger partial charge in [0.1, 0.15) is 0 Å². The Morgan fingerprint density at radius 1 is 1.06 bits per heavy atom. The van der Waals surface area contributed by atoms with Crippen molar-refractivity contribution in [2.45, 2.75) is 0 Å². The Labute approximate surface area is 200 Å². The third kappa shape index (κ3) is 4.42. The lowest BCUT2D eigenvalue weighted by Crippen LogP contribution is -2.24. The molecule has 1 heterocycles. The van der Waals surface area contributed by atoms with Crippen LogP contribution >= 0.6 is 22.6 Å². The molecule has 3 N–H and O–H groups in total. The summed E-state index contributed by atoms with van der Waals surface area (Å²) in [4.78, 5) is 45.3. The summed E-state index contributed by atoms with van der Waals surface area (Å²) in [5.74, 6) is -1.48. The Bertz CT molecular complexity index is 1420. The number of aromatic amines is 1. The van der Waals surface area contributed by atoms with Gasteiger partial charge >= 0.3 is 6.09 Å². The molecule has 0 unspecified atom stereocenters. The summed E-state index contributed by atoms with van der Waals surface area (Å²) in [6.07, 6.45) is -1.19. The molecule has 0 aliphatic carbocycles. The van der Waals surface area contributed by atoms with Crippen molar-refractivity contribution in [1.29, 1.82) is 0 Å². The van der Waals surface area contributed by atoms with Gasteiger partial charge in [-0.25, -0.2) is 14.2 Å². The molecule has 166 valence electrons. The van der Waals surface area contributed by atoms with Crippen molar-refractivity contribution in [2.75, 3.05) is 17.3 Å². The maximum atomic E-state index is 14.3. The van der Waals surface area contributed by atoms with Crippen LogP contribution in [0, 0.1) is 9.39 Å². The lowest BCUT2D eigenvalue weighted by Gasteiger charge is -2.11. The van der Waals surface area contributed by atoms with Crippen LogP contribution in [-0.2, 0) is 0 Å². The van der Waals surface area contributed by atoms with E-state index >= 15 is 0 Å². The van der Waals surface area contributed by atoms with Crippen LogP contribution in [0.5, 0.6) is 0 Å². The van der Waals surface area contributed by atoms with Gasteiger partial charge in [-0.15, -0.1) is 0 Å². The van der Waals surface area contributed by atoms with E-state index in [0.29, 0.717) is 14.6 Å². The molecule has 0 radical (unpaired) electrons. The van der Waals surface area contributed by atoms with Crippen molar-refractivity contribution in [3.63, 3.8) is 0 Å². The van der Waals surface area contributed by atoms with Crippen LogP contribution in [-0.4, -0.2) is 39.9 Å². The molecule has 8 nitrogen and oxygen atoms in total. The average Bonchev–Trinajstić information content (AvgIpc) is 3.24. The molecule has 0 aliphatic heterocycles. The first-order valence-corrected chi connectivity index (χ1v) is 10.7. The van der Waals surface area contributed by atoms with Gasteiger partial charge in [0.25, 0.3) is 5.91 Å². The maximum Gasteiger partial charge on any atom is 0.413 e. The monoisotopic (exact) mass is 558 g/mol. The van der Waals surface area contributed by atoms with Crippen LogP contribution in [0.2, 0.25) is 0 Å². The Hall–Kier alpha value is -3.80. The third-order valence-electron chi connectivity index (χ3n) is 4.95. The van der Waals surface area contributed by atoms with E-state index in [1.807, 2.05) is 22.6 Å². The molecule has 0 fully saturated rings. The fourth-order valence-corrected chi connectivity index (χ4v) is 3.71. The number of aromatic nitrogens is 2. The number of H-pyrrole nitrogens is 1. The first kappa shape index (κ1) is 22.4. The SMILES string of the molecule is CN(C(=O)O)c1nc2ccc(C(=O)c3ccccc3C(=O)Nc3cccc(I)c3F)cc2[nH]1. The van der Waals surface area contributed by atoms with E-state index in [1.165, 1.54) is 31.3 Å². The minimum absolute atomic E-state index is 0.0168. The Kier molecular flexibility index (Phi) is 6.09.